The number of nitrogens with zero attached hydrogens (tertiary/aromatic N) is 2. The molecule has 4 rings (SSSR count). The van der Waals surface area contributed by atoms with Crippen molar-refractivity contribution in [2.75, 3.05) is 5.32 Å². The van der Waals surface area contributed by atoms with Gasteiger partial charge in [-0.2, -0.15) is 0 Å². The number of imidazole rings is 1. The molecule has 0 saturated carbocycles. The number of carbonyl (C=O) groups excluding carboxylic acids is 1. The maximum absolute atomic E-state index is 12.7. The van der Waals surface area contributed by atoms with Gasteiger partial charge in [-0.1, -0.05) is 78.3 Å². The van der Waals surface area contributed by atoms with Gasteiger partial charge in [-0.25, -0.2) is 9.97 Å². The number of hydrogen-bond donors (Lipinski definition) is 2. The van der Waals surface area contributed by atoms with Gasteiger partial charge in [-0.15, -0.1) is 11.3 Å². The molecule has 1 amide bonds. The largest absolute Gasteiger partial charge is 0.332 e. The van der Waals surface area contributed by atoms with Crippen molar-refractivity contribution in [3.63, 3.8) is 0 Å². The van der Waals surface area contributed by atoms with Crippen molar-refractivity contribution in [1.82, 2.24) is 15.0 Å². The fourth-order valence-corrected chi connectivity index (χ4v) is 4.62. The maximum Gasteiger partial charge on any atom is 0.239 e. The van der Waals surface area contributed by atoms with Crippen molar-refractivity contribution in [2.45, 2.75) is 37.6 Å². The molecule has 0 radical (unpaired) electrons. The normalized spacial score (nSPS) is 12.0. The minimum Gasteiger partial charge on any atom is -0.332 e. The highest BCUT2D eigenvalue weighted by Crippen LogP contribution is 2.35. The molecule has 31 heavy (non-hydrogen) atoms. The van der Waals surface area contributed by atoms with Crippen LogP contribution in [0.3, 0.4) is 0 Å². The Labute approximate surface area is 190 Å². The summed E-state index contributed by atoms with van der Waals surface area (Å²) in [4.78, 5) is 25.2. The predicted octanol–water partition coefficient (Wildman–Crippen LogP) is 6.33. The number of thioether (sulfide) groups is 1. The molecule has 0 aliphatic rings. The van der Waals surface area contributed by atoms with Crippen LogP contribution in [0.4, 0.5) is 5.13 Å². The second-order valence-corrected chi connectivity index (χ2v) is 9.42. The van der Waals surface area contributed by atoms with Crippen molar-refractivity contribution in [2.24, 2.45) is 0 Å². The Bertz CT molecular complexity index is 1090. The summed E-state index contributed by atoms with van der Waals surface area (Å²) in [6, 6.07) is 16.7. The lowest BCUT2D eigenvalue weighted by Gasteiger charge is -2.11. The van der Waals surface area contributed by atoms with Crippen LogP contribution in [0.2, 0.25) is 0 Å². The van der Waals surface area contributed by atoms with E-state index in [1.165, 1.54) is 34.2 Å². The van der Waals surface area contributed by atoms with Gasteiger partial charge in [0.1, 0.15) is 0 Å². The number of aromatic amines is 1. The van der Waals surface area contributed by atoms with E-state index < -0.39 is 0 Å². The highest BCUT2D eigenvalue weighted by atomic mass is 32.2. The second kappa shape index (κ2) is 9.49. The van der Waals surface area contributed by atoms with E-state index in [1.807, 2.05) is 12.3 Å². The molecule has 2 heterocycles. The molecule has 2 N–H and O–H groups in total. The Morgan fingerprint density at radius 3 is 2.29 bits per heavy atom. The molecule has 0 bridgehead atoms. The molecule has 0 aliphatic heterocycles. The summed E-state index contributed by atoms with van der Waals surface area (Å²) in [5.41, 5.74) is 6.38. The zero-order chi connectivity index (χ0) is 21.8. The van der Waals surface area contributed by atoms with Crippen LogP contribution < -0.4 is 5.32 Å². The Kier molecular flexibility index (Phi) is 6.53. The number of aromatic nitrogens is 3. The second-order valence-electron chi connectivity index (χ2n) is 7.34. The number of hydrogen-bond acceptors (Lipinski definition) is 5. The smallest absolute Gasteiger partial charge is 0.239 e. The molecule has 1 unspecified atom stereocenters. The van der Waals surface area contributed by atoms with Crippen LogP contribution in [0.1, 0.15) is 24.5 Å². The molecule has 158 valence electrons. The summed E-state index contributed by atoms with van der Waals surface area (Å²) < 4.78 is 0. The molecule has 5 nitrogen and oxygen atoms in total. The molecular weight excluding hydrogens is 424 g/mol. The summed E-state index contributed by atoms with van der Waals surface area (Å²) in [5, 5.41) is 5.81. The lowest BCUT2D eigenvalue weighted by Crippen LogP contribution is -2.24. The van der Waals surface area contributed by atoms with E-state index in [9.17, 15) is 4.79 Å². The fraction of sp³-hybridized carbons (Fsp3) is 0.208. The summed E-state index contributed by atoms with van der Waals surface area (Å²) >= 11 is 2.86. The van der Waals surface area contributed by atoms with Crippen LogP contribution in [0, 0.1) is 13.8 Å². The van der Waals surface area contributed by atoms with Gasteiger partial charge in [0.15, 0.2) is 10.3 Å². The van der Waals surface area contributed by atoms with E-state index in [0.29, 0.717) is 11.6 Å². The number of anilines is 1. The third-order valence-corrected chi connectivity index (χ3v) is 6.86. The van der Waals surface area contributed by atoms with Gasteiger partial charge in [0.05, 0.1) is 16.6 Å². The average Bonchev–Trinajstić information content (AvgIpc) is 3.43. The van der Waals surface area contributed by atoms with Crippen molar-refractivity contribution < 1.29 is 4.79 Å². The molecule has 4 aromatic rings. The summed E-state index contributed by atoms with van der Waals surface area (Å²) in [5.74, 6) is -0.0624. The topological polar surface area (TPSA) is 70.7 Å². The lowest BCUT2D eigenvalue weighted by molar-refractivity contribution is -0.115. The van der Waals surface area contributed by atoms with Crippen LogP contribution >= 0.6 is 23.1 Å². The minimum absolute atomic E-state index is 0.0624. The highest BCUT2D eigenvalue weighted by Gasteiger charge is 2.22. The van der Waals surface area contributed by atoms with Gasteiger partial charge in [-0.05, 0) is 20.3 Å². The predicted molar refractivity (Wildman–Crippen MR) is 130 cm³/mol. The number of carbonyl (C=O) groups is 1. The molecule has 2 aromatic heterocycles. The Morgan fingerprint density at radius 2 is 1.71 bits per heavy atom. The first-order valence-corrected chi connectivity index (χ1v) is 11.9. The molecular formula is C24H24N4OS2. The SMILES string of the molecule is CCC(Sc1nc(-c2ccc(C)cc2)c(-c2ccc(C)cc2)[nH]1)C(=O)Nc1nccs1. The van der Waals surface area contributed by atoms with Crippen LogP contribution in [0.25, 0.3) is 22.5 Å². The van der Waals surface area contributed by atoms with Gasteiger partial charge in [0, 0.05) is 22.7 Å². The molecule has 2 aromatic carbocycles. The third-order valence-electron chi connectivity index (χ3n) is 4.93. The van der Waals surface area contributed by atoms with Crippen LogP contribution in [-0.2, 0) is 4.79 Å². The summed E-state index contributed by atoms with van der Waals surface area (Å²) in [6.45, 7) is 6.15. The number of thiazole rings is 1. The van der Waals surface area contributed by atoms with E-state index in [2.05, 4.69) is 77.7 Å². The number of amides is 1. The van der Waals surface area contributed by atoms with Crippen molar-refractivity contribution >= 4 is 34.1 Å². The Morgan fingerprint density at radius 1 is 1.06 bits per heavy atom. The fourth-order valence-electron chi connectivity index (χ4n) is 3.18. The van der Waals surface area contributed by atoms with E-state index >= 15 is 0 Å². The first-order chi connectivity index (χ1) is 15.0. The summed E-state index contributed by atoms with van der Waals surface area (Å²) in [7, 11) is 0. The first-order valence-electron chi connectivity index (χ1n) is 10.1. The van der Waals surface area contributed by atoms with Gasteiger partial charge in [0.2, 0.25) is 5.91 Å². The van der Waals surface area contributed by atoms with Gasteiger partial charge >= 0.3 is 0 Å². The first kappa shape index (κ1) is 21.3. The third kappa shape index (κ3) is 5.06. The molecule has 7 heteroatoms. The van der Waals surface area contributed by atoms with Crippen LogP contribution in [0.15, 0.2) is 65.3 Å². The maximum atomic E-state index is 12.7. The Balaban J connectivity index is 1.66. The van der Waals surface area contributed by atoms with E-state index in [0.717, 1.165) is 27.7 Å². The summed E-state index contributed by atoms with van der Waals surface area (Å²) in [6.07, 6.45) is 2.37. The van der Waals surface area contributed by atoms with Crippen molar-refractivity contribution in [1.29, 1.82) is 0 Å². The standard InChI is InChI=1S/C24H24N4OS2/c1-4-19(22(29)28-23-25-13-14-30-23)31-24-26-20(17-9-5-15(2)6-10-17)21(27-24)18-11-7-16(3)8-12-18/h5-14,19H,4H2,1-3H3,(H,26,27)(H,25,28,29). The van der Waals surface area contributed by atoms with Gasteiger partial charge < -0.3 is 10.3 Å². The Hall–Kier alpha value is -2.90. The zero-order valence-electron chi connectivity index (χ0n) is 17.7. The molecule has 0 aliphatic carbocycles. The zero-order valence-corrected chi connectivity index (χ0v) is 19.3. The number of rotatable bonds is 7. The number of benzene rings is 2. The van der Waals surface area contributed by atoms with Gasteiger partial charge in [-0.3, -0.25) is 4.79 Å². The number of aryl methyl sites for hydroxylation is 2. The number of nitrogens with one attached hydrogen (secondary N) is 2. The molecule has 0 fully saturated rings. The monoisotopic (exact) mass is 448 g/mol. The van der Waals surface area contributed by atoms with E-state index in [-0.39, 0.29) is 11.2 Å². The van der Waals surface area contributed by atoms with Crippen LogP contribution in [-0.4, -0.2) is 26.1 Å². The quantitative estimate of drug-likeness (QED) is 0.324. The van der Waals surface area contributed by atoms with Crippen molar-refractivity contribution in [3.8, 4) is 22.5 Å². The van der Waals surface area contributed by atoms with E-state index in [1.54, 1.807) is 6.20 Å². The van der Waals surface area contributed by atoms with Gasteiger partial charge in [0.25, 0.3) is 0 Å². The van der Waals surface area contributed by atoms with Crippen molar-refractivity contribution in [3.05, 3.63) is 71.2 Å². The molecule has 1 atom stereocenters. The minimum atomic E-state index is -0.271. The average molecular weight is 449 g/mol. The lowest BCUT2D eigenvalue weighted by atomic mass is 10.0. The van der Waals surface area contributed by atoms with E-state index in [4.69, 9.17) is 4.98 Å². The van der Waals surface area contributed by atoms with Crippen LogP contribution in [0.5, 0.6) is 0 Å². The highest BCUT2D eigenvalue weighted by molar-refractivity contribution is 8.00. The molecule has 0 saturated heterocycles. The number of H-pyrrole nitrogens is 1. The molecule has 0 spiro atoms.